The number of aliphatic hydroxyl groups excluding tert-OH is 1. The Kier molecular flexibility index (Phi) is 4.22. The number of para-hydroxylation sites is 1. The Morgan fingerprint density at radius 1 is 1.21 bits per heavy atom. The van der Waals surface area contributed by atoms with E-state index in [0.29, 0.717) is 6.61 Å². The van der Waals surface area contributed by atoms with Gasteiger partial charge in [0.15, 0.2) is 0 Å². The van der Waals surface area contributed by atoms with Crippen molar-refractivity contribution < 1.29 is 9.84 Å². The van der Waals surface area contributed by atoms with Gasteiger partial charge in [0.1, 0.15) is 17.4 Å². The topological polar surface area (TPSA) is 42.4 Å². The van der Waals surface area contributed by atoms with Crippen molar-refractivity contribution in [3.63, 3.8) is 0 Å². The number of hydrogen-bond donors (Lipinski definition) is 1. The Morgan fingerprint density at radius 3 is 2.42 bits per heavy atom. The van der Waals surface area contributed by atoms with E-state index in [1.807, 2.05) is 30.3 Å². The van der Waals surface area contributed by atoms with Crippen molar-refractivity contribution in [3.05, 3.63) is 45.9 Å². The van der Waals surface area contributed by atoms with E-state index in [4.69, 9.17) is 4.74 Å². The van der Waals surface area contributed by atoms with Gasteiger partial charge in [-0.05, 0) is 12.1 Å². The van der Waals surface area contributed by atoms with Crippen LogP contribution in [0.1, 0.15) is 36.3 Å². The Morgan fingerprint density at radius 2 is 1.89 bits per heavy atom. The second-order valence-corrected chi connectivity index (χ2v) is 6.56. The summed E-state index contributed by atoms with van der Waals surface area (Å²) in [6, 6.07) is 9.68. The Bertz CT molecular complexity index is 529. The third kappa shape index (κ3) is 3.55. The molecule has 1 aromatic heterocycles. The van der Waals surface area contributed by atoms with Gasteiger partial charge in [-0.2, -0.15) is 0 Å². The largest absolute Gasteiger partial charge is 0.486 e. The van der Waals surface area contributed by atoms with E-state index in [9.17, 15) is 5.11 Å². The first kappa shape index (κ1) is 14.0. The number of rotatable bonds is 4. The molecule has 2 rings (SSSR count). The first-order valence-corrected chi connectivity index (χ1v) is 7.10. The molecule has 102 valence electrons. The van der Waals surface area contributed by atoms with Crippen molar-refractivity contribution >= 4 is 11.3 Å². The van der Waals surface area contributed by atoms with Gasteiger partial charge in [-0.1, -0.05) is 39.0 Å². The molecule has 2 aromatic rings. The van der Waals surface area contributed by atoms with E-state index >= 15 is 0 Å². The first-order chi connectivity index (χ1) is 9.00. The summed E-state index contributed by atoms with van der Waals surface area (Å²) in [7, 11) is 0. The van der Waals surface area contributed by atoms with Crippen LogP contribution in [0.3, 0.4) is 0 Å². The SMILES string of the molecule is CC(C)(C)c1nc(COc2ccccc2)sc1CO. The minimum absolute atomic E-state index is 0.0373. The van der Waals surface area contributed by atoms with Gasteiger partial charge < -0.3 is 9.84 Å². The molecule has 0 bridgehead atoms. The zero-order chi connectivity index (χ0) is 13.9. The number of aromatic nitrogens is 1. The van der Waals surface area contributed by atoms with Gasteiger partial charge in [0, 0.05) is 5.41 Å². The molecule has 1 aromatic carbocycles. The Labute approximate surface area is 117 Å². The van der Waals surface area contributed by atoms with Gasteiger partial charge in [0.05, 0.1) is 17.2 Å². The summed E-state index contributed by atoms with van der Waals surface area (Å²) < 4.78 is 5.68. The molecule has 0 spiro atoms. The minimum atomic E-state index is -0.0560. The molecular weight excluding hydrogens is 258 g/mol. The molecule has 0 unspecified atom stereocenters. The number of thiazole rings is 1. The second-order valence-electron chi connectivity index (χ2n) is 5.39. The van der Waals surface area contributed by atoms with Gasteiger partial charge >= 0.3 is 0 Å². The fourth-order valence-corrected chi connectivity index (χ4v) is 2.87. The van der Waals surface area contributed by atoms with Crippen molar-refractivity contribution in [2.75, 3.05) is 0 Å². The van der Waals surface area contributed by atoms with Gasteiger partial charge in [-0.25, -0.2) is 4.98 Å². The molecule has 0 saturated carbocycles. The number of hydrogen-bond acceptors (Lipinski definition) is 4. The lowest BCUT2D eigenvalue weighted by Gasteiger charge is -2.16. The van der Waals surface area contributed by atoms with E-state index in [2.05, 4.69) is 25.8 Å². The normalized spacial score (nSPS) is 11.6. The lowest BCUT2D eigenvalue weighted by Crippen LogP contribution is -2.14. The van der Waals surface area contributed by atoms with Gasteiger partial charge in [-0.3, -0.25) is 0 Å². The quantitative estimate of drug-likeness (QED) is 0.930. The van der Waals surface area contributed by atoms with Crippen molar-refractivity contribution in [3.8, 4) is 5.75 Å². The van der Waals surface area contributed by atoms with Crippen molar-refractivity contribution in [2.45, 2.75) is 39.4 Å². The van der Waals surface area contributed by atoms with E-state index in [1.165, 1.54) is 11.3 Å². The number of benzene rings is 1. The molecule has 0 radical (unpaired) electrons. The van der Waals surface area contributed by atoms with Crippen LogP contribution in [-0.4, -0.2) is 10.1 Å². The predicted octanol–water partition coefficient (Wildman–Crippen LogP) is 3.51. The summed E-state index contributed by atoms with van der Waals surface area (Å²) in [5.74, 6) is 0.834. The highest BCUT2D eigenvalue weighted by Gasteiger charge is 2.22. The standard InChI is InChI=1S/C15H19NO2S/c1-15(2,3)14-12(9-17)19-13(16-14)10-18-11-7-5-4-6-8-11/h4-8,17H,9-10H2,1-3H3. The summed E-state index contributed by atoms with van der Waals surface area (Å²) in [6.07, 6.45) is 0. The fraction of sp³-hybridized carbons (Fsp3) is 0.400. The molecule has 0 saturated heterocycles. The highest BCUT2D eigenvalue weighted by molar-refractivity contribution is 7.11. The summed E-state index contributed by atoms with van der Waals surface area (Å²) >= 11 is 1.52. The Hall–Kier alpha value is -1.39. The van der Waals surface area contributed by atoms with E-state index < -0.39 is 0 Å². The van der Waals surface area contributed by atoms with Crippen molar-refractivity contribution in [1.29, 1.82) is 0 Å². The van der Waals surface area contributed by atoms with Crippen molar-refractivity contribution in [2.24, 2.45) is 0 Å². The van der Waals surface area contributed by atoms with E-state index in [1.54, 1.807) is 0 Å². The molecule has 0 aliphatic heterocycles. The monoisotopic (exact) mass is 277 g/mol. The summed E-state index contributed by atoms with van der Waals surface area (Å²) in [5, 5.41) is 10.3. The van der Waals surface area contributed by atoms with Gasteiger partial charge in [0.25, 0.3) is 0 Å². The van der Waals surface area contributed by atoms with Crippen LogP contribution in [0.25, 0.3) is 0 Å². The molecule has 0 fully saturated rings. The zero-order valence-corrected chi connectivity index (χ0v) is 12.3. The van der Waals surface area contributed by atoms with E-state index in [-0.39, 0.29) is 12.0 Å². The summed E-state index contributed by atoms with van der Waals surface area (Å²) in [5.41, 5.74) is 0.909. The smallest absolute Gasteiger partial charge is 0.140 e. The maximum absolute atomic E-state index is 9.41. The molecule has 1 N–H and O–H groups in total. The maximum atomic E-state index is 9.41. The molecule has 0 aliphatic rings. The highest BCUT2D eigenvalue weighted by Crippen LogP contribution is 2.30. The molecule has 0 aliphatic carbocycles. The zero-order valence-electron chi connectivity index (χ0n) is 11.5. The maximum Gasteiger partial charge on any atom is 0.140 e. The third-order valence-corrected chi connectivity index (χ3v) is 3.71. The van der Waals surface area contributed by atoms with E-state index in [0.717, 1.165) is 21.3 Å². The minimum Gasteiger partial charge on any atom is -0.486 e. The lowest BCUT2D eigenvalue weighted by atomic mass is 9.91. The average Bonchev–Trinajstić information content (AvgIpc) is 2.81. The van der Waals surface area contributed by atoms with Crippen LogP contribution in [0.15, 0.2) is 30.3 Å². The van der Waals surface area contributed by atoms with Crippen LogP contribution in [0.5, 0.6) is 5.75 Å². The van der Waals surface area contributed by atoms with Crippen LogP contribution in [0.2, 0.25) is 0 Å². The number of ether oxygens (including phenoxy) is 1. The van der Waals surface area contributed by atoms with Crippen LogP contribution in [0, 0.1) is 0 Å². The van der Waals surface area contributed by atoms with Crippen LogP contribution < -0.4 is 4.74 Å². The summed E-state index contributed by atoms with van der Waals surface area (Å²) in [4.78, 5) is 5.53. The predicted molar refractivity (Wildman–Crippen MR) is 77.5 cm³/mol. The third-order valence-electron chi connectivity index (χ3n) is 2.70. The van der Waals surface area contributed by atoms with Crippen LogP contribution in [0.4, 0.5) is 0 Å². The van der Waals surface area contributed by atoms with Crippen LogP contribution >= 0.6 is 11.3 Å². The average molecular weight is 277 g/mol. The molecule has 19 heavy (non-hydrogen) atoms. The summed E-state index contributed by atoms with van der Waals surface area (Å²) in [6.45, 7) is 6.78. The molecule has 4 heteroatoms. The molecule has 0 amide bonds. The number of aliphatic hydroxyl groups is 1. The molecule has 0 atom stereocenters. The molecular formula is C15H19NO2S. The Balaban J connectivity index is 2.12. The lowest BCUT2D eigenvalue weighted by molar-refractivity contribution is 0.282. The molecule has 3 nitrogen and oxygen atoms in total. The second kappa shape index (κ2) is 5.72. The fourth-order valence-electron chi connectivity index (χ4n) is 1.82. The highest BCUT2D eigenvalue weighted by atomic mass is 32.1. The van der Waals surface area contributed by atoms with Crippen molar-refractivity contribution in [1.82, 2.24) is 4.98 Å². The number of nitrogens with zero attached hydrogens (tertiary/aromatic N) is 1. The van der Waals surface area contributed by atoms with Crippen LogP contribution in [-0.2, 0) is 18.6 Å². The first-order valence-electron chi connectivity index (χ1n) is 6.28. The molecule has 1 heterocycles. The van der Waals surface area contributed by atoms with Gasteiger partial charge in [0.2, 0.25) is 0 Å². The van der Waals surface area contributed by atoms with Gasteiger partial charge in [-0.15, -0.1) is 11.3 Å².